The molecule has 0 fully saturated rings. The van der Waals surface area contributed by atoms with E-state index in [0.29, 0.717) is 11.5 Å². The van der Waals surface area contributed by atoms with E-state index in [1.807, 2.05) is 0 Å². The van der Waals surface area contributed by atoms with E-state index < -0.39 is 36.6 Å². The summed E-state index contributed by atoms with van der Waals surface area (Å²) < 4.78 is 27.9. The highest BCUT2D eigenvalue weighted by Crippen LogP contribution is 2.24. The van der Waals surface area contributed by atoms with Crippen molar-refractivity contribution >= 4 is 17.7 Å². The molecular formula is C19H18FNO6. The predicted molar refractivity (Wildman–Crippen MR) is 93.6 cm³/mol. The Labute approximate surface area is 155 Å². The van der Waals surface area contributed by atoms with Gasteiger partial charge in [-0.3, -0.25) is 14.4 Å². The highest BCUT2D eigenvalue weighted by Gasteiger charge is 2.16. The molecule has 2 rings (SSSR count). The summed E-state index contributed by atoms with van der Waals surface area (Å²) in [7, 11) is 2.89. The first-order valence-corrected chi connectivity index (χ1v) is 7.89. The van der Waals surface area contributed by atoms with Crippen LogP contribution in [0.1, 0.15) is 20.7 Å². The maximum absolute atomic E-state index is 12.8. The molecule has 7 nitrogen and oxygen atoms in total. The fourth-order valence-corrected chi connectivity index (χ4v) is 2.16. The number of nitrogens with one attached hydrogen (secondary N) is 1. The van der Waals surface area contributed by atoms with Crippen LogP contribution in [0.3, 0.4) is 0 Å². The molecule has 0 aliphatic heterocycles. The minimum Gasteiger partial charge on any atom is -0.497 e. The lowest BCUT2D eigenvalue weighted by molar-refractivity contribution is -0.141. The van der Waals surface area contributed by atoms with Gasteiger partial charge < -0.3 is 19.5 Å². The zero-order valence-electron chi connectivity index (χ0n) is 14.8. The molecule has 0 saturated carbocycles. The minimum atomic E-state index is -0.786. The molecule has 2 aromatic carbocycles. The van der Waals surface area contributed by atoms with E-state index in [0.717, 1.165) is 12.1 Å². The first-order chi connectivity index (χ1) is 12.9. The van der Waals surface area contributed by atoms with Crippen LogP contribution in [0.25, 0.3) is 0 Å². The van der Waals surface area contributed by atoms with Gasteiger partial charge in [0.2, 0.25) is 5.78 Å². The Bertz CT molecular complexity index is 835. The van der Waals surface area contributed by atoms with Gasteiger partial charge in [-0.25, -0.2) is 4.39 Å². The summed E-state index contributed by atoms with van der Waals surface area (Å²) in [5.41, 5.74) is 0.435. The molecule has 1 amide bonds. The standard InChI is InChI=1S/C19H18FNO6/c1-25-14-7-8-15(17(9-14)26-2)16(22)11-27-18(23)10-21-19(24)12-3-5-13(20)6-4-12/h3-9H,10-11H2,1-2H3,(H,21,24). The molecule has 2 aromatic rings. The number of carbonyl (C=O) groups excluding carboxylic acids is 3. The normalized spacial score (nSPS) is 10.0. The Hall–Kier alpha value is -3.42. The average molecular weight is 375 g/mol. The van der Waals surface area contributed by atoms with Crippen LogP contribution in [0.5, 0.6) is 11.5 Å². The first-order valence-electron chi connectivity index (χ1n) is 7.89. The average Bonchev–Trinajstić information content (AvgIpc) is 2.70. The minimum absolute atomic E-state index is 0.197. The van der Waals surface area contributed by atoms with Gasteiger partial charge in [0, 0.05) is 11.6 Å². The number of esters is 1. The number of carbonyl (C=O) groups is 3. The molecule has 0 radical (unpaired) electrons. The molecule has 0 aliphatic carbocycles. The molecule has 0 aliphatic rings. The first kappa shape index (κ1) is 19.9. The summed E-state index contributed by atoms with van der Waals surface area (Å²) in [5.74, 6) is -1.48. The number of Topliss-reactive ketones (excluding diaryl/α,β-unsaturated/α-hetero) is 1. The Kier molecular flexibility index (Phi) is 6.87. The molecule has 0 atom stereocenters. The Morgan fingerprint density at radius 3 is 2.33 bits per heavy atom. The van der Waals surface area contributed by atoms with Gasteiger partial charge in [0.05, 0.1) is 19.8 Å². The number of rotatable bonds is 8. The van der Waals surface area contributed by atoms with Crippen molar-refractivity contribution in [2.45, 2.75) is 0 Å². The van der Waals surface area contributed by atoms with Gasteiger partial charge in [-0.05, 0) is 36.4 Å². The van der Waals surface area contributed by atoms with E-state index in [9.17, 15) is 18.8 Å². The van der Waals surface area contributed by atoms with Gasteiger partial charge >= 0.3 is 5.97 Å². The van der Waals surface area contributed by atoms with Gasteiger partial charge in [-0.1, -0.05) is 0 Å². The third-order valence-electron chi connectivity index (χ3n) is 3.57. The summed E-state index contributed by atoms with van der Waals surface area (Å²) in [5, 5.41) is 2.33. The van der Waals surface area contributed by atoms with Crippen LogP contribution in [-0.4, -0.2) is 45.0 Å². The second-order valence-corrected chi connectivity index (χ2v) is 5.34. The molecule has 27 heavy (non-hydrogen) atoms. The highest BCUT2D eigenvalue weighted by molar-refractivity contribution is 6.01. The van der Waals surface area contributed by atoms with E-state index in [4.69, 9.17) is 14.2 Å². The van der Waals surface area contributed by atoms with Crippen molar-refractivity contribution in [2.24, 2.45) is 0 Å². The number of benzene rings is 2. The van der Waals surface area contributed by atoms with Gasteiger partial charge in [-0.15, -0.1) is 0 Å². The fraction of sp³-hybridized carbons (Fsp3) is 0.211. The highest BCUT2D eigenvalue weighted by atomic mass is 19.1. The Balaban J connectivity index is 1.85. The fourth-order valence-electron chi connectivity index (χ4n) is 2.16. The molecule has 0 saturated heterocycles. The van der Waals surface area contributed by atoms with Crippen LogP contribution < -0.4 is 14.8 Å². The summed E-state index contributed by atoms with van der Waals surface area (Å²) in [6, 6.07) is 9.47. The number of methoxy groups -OCH3 is 2. The van der Waals surface area contributed by atoms with Crippen molar-refractivity contribution in [1.82, 2.24) is 5.32 Å². The van der Waals surface area contributed by atoms with Gasteiger partial charge in [0.1, 0.15) is 23.9 Å². The van der Waals surface area contributed by atoms with Crippen LogP contribution >= 0.6 is 0 Å². The Morgan fingerprint density at radius 1 is 1.00 bits per heavy atom. The molecule has 0 heterocycles. The molecule has 0 spiro atoms. The Morgan fingerprint density at radius 2 is 1.70 bits per heavy atom. The van der Waals surface area contributed by atoms with Crippen molar-refractivity contribution in [2.75, 3.05) is 27.4 Å². The van der Waals surface area contributed by atoms with E-state index in [1.165, 1.54) is 38.5 Å². The number of halogens is 1. The molecule has 8 heteroatoms. The molecule has 1 N–H and O–H groups in total. The zero-order valence-corrected chi connectivity index (χ0v) is 14.8. The van der Waals surface area contributed by atoms with E-state index in [2.05, 4.69) is 5.32 Å². The summed E-state index contributed by atoms with van der Waals surface area (Å²) in [6.07, 6.45) is 0. The third-order valence-corrected chi connectivity index (χ3v) is 3.57. The lowest BCUT2D eigenvalue weighted by atomic mass is 10.1. The molecule has 142 valence electrons. The second-order valence-electron chi connectivity index (χ2n) is 5.34. The van der Waals surface area contributed by atoms with E-state index >= 15 is 0 Å². The maximum Gasteiger partial charge on any atom is 0.325 e. The quantitative estimate of drug-likeness (QED) is 0.561. The number of hydrogen-bond acceptors (Lipinski definition) is 6. The number of amides is 1. The topological polar surface area (TPSA) is 90.9 Å². The largest absolute Gasteiger partial charge is 0.497 e. The van der Waals surface area contributed by atoms with Crippen LogP contribution in [-0.2, 0) is 9.53 Å². The van der Waals surface area contributed by atoms with E-state index in [-0.39, 0.29) is 11.1 Å². The van der Waals surface area contributed by atoms with Crippen molar-refractivity contribution in [3.8, 4) is 11.5 Å². The predicted octanol–water partition coefficient (Wildman–Crippen LogP) is 2.00. The number of ether oxygens (including phenoxy) is 3. The monoisotopic (exact) mass is 375 g/mol. The van der Waals surface area contributed by atoms with Crippen molar-refractivity contribution in [3.05, 3.63) is 59.4 Å². The maximum atomic E-state index is 12.8. The number of ketones is 1. The van der Waals surface area contributed by atoms with Gasteiger partial charge in [0.15, 0.2) is 6.61 Å². The van der Waals surface area contributed by atoms with Crippen LogP contribution in [0, 0.1) is 5.82 Å². The lowest BCUT2D eigenvalue weighted by Gasteiger charge is -2.10. The summed E-state index contributed by atoms with van der Waals surface area (Å²) in [4.78, 5) is 35.7. The summed E-state index contributed by atoms with van der Waals surface area (Å²) >= 11 is 0. The second kappa shape index (κ2) is 9.33. The molecular weight excluding hydrogens is 357 g/mol. The van der Waals surface area contributed by atoms with Crippen molar-refractivity contribution < 1.29 is 33.0 Å². The molecule has 0 unspecified atom stereocenters. The van der Waals surface area contributed by atoms with Crippen molar-refractivity contribution in [3.63, 3.8) is 0 Å². The van der Waals surface area contributed by atoms with Gasteiger partial charge in [0.25, 0.3) is 5.91 Å². The number of hydrogen-bond donors (Lipinski definition) is 1. The molecule has 0 aromatic heterocycles. The SMILES string of the molecule is COc1ccc(C(=O)COC(=O)CNC(=O)c2ccc(F)cc2)c(OC)c1. The van der Waals surface area contributed by atoms with Crippen LogP contribution in [0.15, 0.2) is 42.5 Å². The van der Waals surface area contributed by atoms with Crippen LogP contribution in [0.2, 0.25) is 0 Å². The van der Waals surface area contributed by atoms with Gasteiger partial charge in [-0.2, -0.15) is 0 Å². The van der Waals surface area contributed by atoms with E-state index in [1.54, 1.807) is 6.07 Å². The zero-order chi connectivity index (χ0) is 19.8. The van der Waals surface area contributed by atoms with Crippen LogP contribution in [0.4, 0.5) is 4.39 Å². The smallest absolute Gasteiger partial charge is 0.325 e. The molecule has 0 bridgehead atoms. The van der Waals surface area contributed by atoms with Crippen molar-refractivity contribution in [1.29, 1.82) is 0 Å². The third kappa shape index (κ3) is 5.53. The summed E-state index contributed by atoms with van der Waals surface area (Å²) in [6.45, 7) is -0.933. The lowest BCUT2D eigenvalue weighted by Crippen LogP contribution is -2.31.